The molecule has 2 aliphatic rings. The van der Waals surface area contributed by atoms with Crippen molar-refractivity contribution in [2.45, 2.75) is 57.2 Å². The first-order chi connectivity index (χ1) is 15.3. The number of allylic oxidation sites excluding steroid dienone is 1. The first-order valence-corrected chi connectivity index (χ1v) is 11.8. The van der Waals surface area contributed by atoms with E-state index < -0.39 is 11.5 Å². The summed E-state index contributed by atoms with van der Waals surface area (Å²) in [5.74, 6) is 0.0720. The average Bonchev–Trinajstić information content (AvgIpc) is 3.32. The van der Waals surface area contributed by atoms with Crippen molar-refractivity contribution in [1.29, 1.82) is 0 Å². The van der Waals surface area contributed by atoms with Crippen molar-refractivity contribution in [2.75, 3.05) is 6.61 Å². The maximum atomic E-state index is 13.4. The Kier molecular flexibility index (Phi) is 8.78. The van der Waals surface area contributed by atoms with E-state index in [1.54, 1.807) is 0 Å². The molecule has 1 fully saturated rings. The molecule has 1 saturated heterocycles. The number of aliphatic hydroxyl groups excluding tert-OH is 2. The Bertz CT molecular complexity index is 903. The Hall–Kier alpha value is -1.85. The number of piperidine rings is 1. The summed E-state index contributed by atoms with van der Waals surface area (Å²) in [6.07, 6.45) is 7.15. The van der Waals surface area contributed by atoms with E-state index in [1.807, 2.05) is 66.4 Å². The number of rotatable bonds is 5. The summed E-state index contributed by atoms with van der Waals surface area (Å²) in [4.78, 5) is 15.4. The number of nitrogens with zero attached hydrogens (tertiary/aromatic N) is 1. The van der Waals surface area contributed by atoms with Gasteiger partial charge >= 0.3 is 0 Å². The second-order valence-corrected chi connectivity index (χ2v) is 9.66. The van der Waals surface area contributed by atoms with Gasteiger partial charge in [-0.15, -0.1) is 0 Å². The Balaban J connectivity index is 0.000000352. The van der Waals surface area contributed by atoms with Crippen LogP contribution < -0.4 is 0 Å². The Morgan fingerprint density at radius 2 is 1.72 bits per heavy atom. The van der Waals surface area contributed by atoms with Gasteiger partial charge in [0.15, 0.2) is 0 Å². The predicted octanol–water partition coefficient (Wildman–Crippen LogP) is 5.81. The summed E-state index contributed by atoms with van der Waals surface area (Å²) in [5.41, 5.74) is 0.462. The van der Waals surface area contributed by atoms with Crippen LogP contribution in [0.4, 0.5) is 0 Å². The maximum absolute atomic E-state index is 13.4. The maximum Gasteiger partial charge on any atom is 0.229 e. The third-order valence-corrected chi connectivity index (χ3v) is 6.79. The molecule has 1 amide bonds. The molecular formula is C26H31Cl2NO3. The van der Waals surface area contributed by atoms with Crippen LogP contribution >= 0.6 is 23.2 Å². The molecule has 6 heteroatoms. The van der Waals surface area contributed by atoms with Crippen molar-refractivity contribution in [3.63, 3.8) is 0 Å². The molecule has 1 aliphatic carbocycles. The molecule has 3 unspecified atom stereocenters. The van der Waals surface area contributed by atoms with Crippen molar-refractivity contribution >= 4 is 29.1 Å². The van der Waals surface area contributed by atoms with Crippen LogP contribution in [0, 0.1) is 5.41 Å². The molecule has 4 nitrogen and oxygen atoms in total. The van der Waals surface area contributed by atoms with E-state index in [0.717, 1.165) is 29.8 Å². The van der Waals surface area contributed by atoms with Crippen molar-refractivity contribution in [2.24, 2.45) is 5.41 Å². The molecule has 2 N–H and O–H groups in total. The minimum Gasteiger partial charge on any atom is -0.394 e. The zero-order valence-corrected chi connectivity index (χ0v) is 19.8. The van der Waals surface area contributed by atoms with Crippen molar-refractivity contribution in [3.8, 4) is 0 Å². The van der Waals surface area contributed by atoms with Crippen LogP contribution in [-0.2, 0) is 4.79 Å². The normalized spacial score (nSPS) is 25.9. The number of carbonyl (C=O) groups is 1. The molecule has 0 spiro atoms. The van der Waals surface area contributed by atoms with Crippen LogP contribution in [0.3, 0.4) is 0 Å². The average molecular weight is 476 g/mol. The molecule has 0 radical (unpaired) electrons. The Morgan fingerprint density at radius 3 is 2.25 bits per heavy atom. The fraction of sp³-hybridized carbons (Fsp3) is 0.423. The van der Waals surface area contributed by atoms with E-state index in [0.29, 0.717) is 17.9 Å². The van der Waals surface area contributed by atoms with E-state index >= 15 is 0 Å². The second kappa shape index (κ2) is 11.3. The highest BCUT2D eigenvalue weighted by Crippen LogP contribution is 2.45. The molecule has 0 aromatic heterocycles. The first-order valence-electron chi connectivity index (χ1n) is 11.1. The van der Waals surface area contributed by atoms with Gasteiger partial charge in [0.05, 0.1) is 24.8 Å². The Labute approximate surface area is 200 Å². The van der Waals surface area contributed by atoms with E-state index in [-0.39, 0.29) is 24.6 Å². The molecule has 0 bridgehead atoms. The number of amides is 1. The van der Waals surface area contributed by atoms with Gasteiger partial charge in [0.25, 0.3) is 0 Å². The number of hydrogen-bond acceptors (Lipinski definition) is 3. The molecule has 32 heavy (non-hydrogen) atoms. The van der Waals surface area contributed by atoms with Gasteiger partial charge in [0.2, 0.25) is 5.91 Å². The minimum atomic E-state index is -0.859. The standard InChI is InChI=1S/C20H26ClNO3.C6H5Cl/c1-20(12-17(24)13-23)11-10-18(14-6-8-15(21)9-7-14)22(19(20)25)16-4-2-3-5-16;7-6-4-2-1-3-5-6/h2,4,6-9,16-18,23-24H,3,5,10-13H2,1H3;1-5H/t16?,17?,18?,20-;/m1./s1. The fourth-order valence-corrected chi connectivity index (χ4v) is 4.86. The molecule has 4 atom stereocenters. The fourth-order valence-electron chi connectivity index (χ4n) is 4.59. The Morgan fingerprint density at radius 1 is 1.06 bits per heavy atom. The van der Waals surface area contributed by atoms with E-state index in [1.165, 1.54) is 0 Å². The first kappa shape index (κ1) is 24.8. The monoisotopic (exact) mass is 475 g/mol. The van der Waals surface area contributed by atoms with Gasteiger partial charge in [-0.2, -0.15) is 0 Å². The van der Waals surface area contributed by atoms with Gasteiger partial charge in [0.1, 0.15) is 0 Å². The lowest BCUT2D eigenvalue weighted by atomic mass is 9.73. The van der Waals surface area contributed by atoms with Crippen LogP contribution in [0.5, 0.6) is 0 Å². The summed E-state index contributed by atoms with van der Waals surface area (Å²) >= 11 is 11.6. The summed E-state index contributed by atoms with van der Waals surface area (Å²) < 4.78 is 0. The van der Waals surface area contributed by atoms with Crippen LogP contribution in [0.15, 0.2) is 66.7 Å². The van der Waals surface area contributed by atoms with Gasteiger partial charge in [-0.05, 0) is 61.9 Å². The lowest BCUT2D eigenvalue weighted by Gasteiger charge is -2.47. The summed E-state index contributed by atoms with van der Waals surface area (Å²) in [6.45, 7) is 1.60. The largest absolute Gasteiger partial charge is 0.394 e. The number of halogens is 2. The highest BCUT2D eigenvalue weighted by molar-refractivity contribution is 6.30. The SMILES string of the molecule is C[C@]1(CC(O)CO)CCC(c2ccc(Cl)cc2)N(C2C=CCC2)C1=O.Clc1ccccc1. The number of hydrogen-bond donors (Lipinski definition) is 2. The number of carbonyl (C=O) groups excluding carboxylic acids is 1. The van der Waals surface area contributed by atoms with E-state index in [2.05, 4.69) is 12.2 Å². The van der Waals surface area contributed by atoms with E-state index in [4.69, 9.17) is 23.2 Å². The van der Waals surface area contributed by atoms with E-state index in [9.17, 15) is 15.0 Å². The molecular weight excluding hydrogens is 445 g/mol. The zero-order chi connectivity index (χ0) is 23.1. The molecule has 2 aromatic rings. The number of aliphatic hydroxyl groups is 2. The van der Waals surface area contributed by atoms with Crippen LogP contribution in [0.2, 0.25) is 10.0 Å². The van der Waals surface area contributed by atoms with Crippen LogP contribution in [0.1, 0.15) is 50.6 Å². The zero-order valence-electron chi connectivity index (χ0n) is 18.3. The van der Waals surface area contributed by atoms with Crippen molar-refractivity contribution in [3.05, 3.63) is 82.4 Å². The highest BCUT2D eigenvalue weighted by Gasteiger charge is 2.47. The number of benzene rings is 2. The predicted molar refractivity (Wildman–Crippen MR) is 130 cm³/mol. The smallest absolute Gasteiger partial charge is 0.229 e. The molecule has 4 rings (SSSR count). The van der Waals surface area contributed by atoms with Gasteiger partial charge in [-0.25, -0.2) is 0 Å². The number of likely N-dealkylation sites (tertiary alicyclic amines) is 1. The van der Waals surface area contributed by atoms with Gasteiger partial charge < -0.3 is 15.1 Å². The topological polar surface area (TPSA) is 60.8 Å². The van der Waals surface area contributed by atoms with Crippen LogP contribution in [0.25, 0.3) is 0 Å². The molecule has 172 valence electrons. The van der Waals surface area contributed by atoms with Gasteiger partial charge in [-0.3, -0.25) is 4.79 Å². The van der Waals surface area contributed by atoms with Gasteiger partial charge in [-0.1, -0.05) is 72.6 Å². The van der Waals surface area contributed by atoms with Gasteiger partial charge in [0, 0.05) is 15.5 Å². The third-order valence-electron chi connectivity index (χ3n) is 6.29. The second-order valence-electron chi connectivity index (χ2n) is 8.79. The lowest BCUT2D eigenvalue weighted by molar-refractivity contribution is -0.154. The summed E-state index contributed by atoms with van der Waals surface area (Å²) in [6, 6.07) is 17.3. The van der Waals surface area contributed by atoms with Crippen LogP contribution in [-0.4, -0.2) is 39.8 Å². The highest BCUT2D eigenvalue weighted by atomic mass is 35.5. The minimum absolute atomic E-state index is 0.0249. The molecule has 1 heterocycles. The molecule has 2 aromatic carbocycles. The molecule has 0 saturated carbocycles. The lowest BCUT2D eigenvalue weighted by Crippen LogP contribution is -2.53. The van der Waals surface area contributed by atoms with Crippen molar-refractivity contribution < 1.29 is 15.0 Å². The third kappa shape index (κ3) is 6.14. The van der Waals surface area contributed by atoms with Crippen molar-refractivity contribution in [1.82, 2.24) is 4.90 Å². The quantitative estimate of drug-likeness (QED) is 0.536. The summed E-state index contributed by atoms with van der Waals surface area (Å²) in [7, 11) is 0. The summed E-state index contributed by atoms with van der Waals surface area (Å²) in [5, 5.41) is 20.6. The molecule has 1 aliphatic heterocycles.